The van der Waals surface area contributed by atoms with Gasteiger partial charge in [-0.1, -0.05) is 24.6 Å². The lowest BCUT2D eigenvalue weighted by Crippen LogP contribution is -2.03. The molecule has 0 bridgehead atoms. The number of nitrogens with one attached hydrogen (secondary N) is 1. The van der Waals surface area contributed by atoms with Gasteiger partial charge in [-0.05, 0) is 38.0 Å². The molecule has 0 aliphatic heterocycles. The van der Waals surface area contributed by atoms with Crippen LogP contribution in [0.15, 0.2) is 24.3 Å². The highest BCUT2D eigenvalue weighted by Gasteiger charge is 2.11. The van der Waals surface area contributed by atoms with E-state index in [9.17, 15) is 0 Å². The monoisotopic (exact) mass is 315 g/mol. The van der Waals surface area contributed by atoms with Crippen molar-refractivity contribution < 1.29 is 0 Å². The van der Waals surface area contributed by atoms with Crippen LogP contribution in [0.2, 0.25) is 5.02 Å². The van der Waals surface area contributed by atoms with Crippen molar-refractivity contribution in [2.45, 2.75) is 33.6 Å². The zero-order valence-corrected chi connectivity index (χ0v) is 13.6. The minimum absolute atomic E-state index is 0.606. The van der Waals surface area contributed by atoms with Gasteiger partial charge in [-0.3, -0.25) is 0 Å². The van der Waals surface area contributed by atoms with Crippen LogP contribution < -0.4 is 5.32 Å². The Kier molecular flexibility index (Phi) is 3.98. The van der Waals surface area contributed by atoms with Crippen molar-refractivity contribution >= 4 is 28.9 Å². The predicted molar refractivity (Wildman–Crippen MR) is 89.0 cm³/mol. The van der Waals surface area contributed by atoms with E-state index in [1.165, 1.54) is 0 Å². The standard InChI is InChI=1S/C16H18ClN5/c1-4-5-14-20-16-18-11(3)9-15(22(16)21-14)19-13-7-6-10(2)8-12(13)17/h6-9,19H,4-5H2,1-3H3. The van der Waals surface area contributed by atoms with Gasteiger partial charge in [0.2, 0.25) is 0 Å². The van der Waals surface area contributed by atoms with Crippen LogP contribution in [0.4, 0.5) is 11.5 Å². The Morgan fingerprint density at radius 1 is 1.18 bits per heavy atom. The van der Waals surface area contributed by atoms with E-state index in [1.54, 1.807) is 4.52 Å². The summed E-state index contributed by atoms with van der Waals surface area (Å²) < 4.78 is 1.73. The lowest BCUT2D eigenvalue weighted by Gasteiger charge is -2.10. The van der Waals surface area contributed by atoms with E-state index in [0.717, 1.165) is 41.4 Å². The maximum atomic E-state index is 6.30. The van der Waals surface area contributed by atoms with Crippen molar-refractivity contribution in [2.24, 2.45) is 0 Å². The number of benzene rings is 1. The number of aromatic nitrogens is 4. The van der Waals surface area contributed by atoms with Gasteiger partial charge in [-0.25, -0.2) is 4.98 Å². The van der Waals surface area contributed by atoms with E-state index < -0.39 is 0 Å². The Morgan fingerprint density at radius 3 is 2.73 bits per heavy atom. The van der Waals surface area contributed by atoms with Crippen LogP contribution in [0.5, 0.6) is 0 Å². The van der Waals surface area contributed by atoms with Crippen molar-refractivity contribution in [2.75, 3.05) is 5.32 Å². The number of fused-ring (bicyclic) bond motifs is 1. The normalized spacial score (nSPS) is 11.1. The summed E-state index contributed by atoms with van der Waals surface area (Å²) in [7, 11) is 0. The van der Waals surface area contributed by atoms with Crippen LogP contribution in [0.3, 0.4) is 0 Å². The van der Waals surface area contributed by atoms with Crippen molar-refractivity contribution in [1.29, 1.82) is 0 Å². The summed E-state index contributed by atoms with van der Waals surface area (Å²) in [5.74, 6) is 2.22. The molecule has 0 saturated carbocycles. The summed E-state index contributed by atoms with van der Waals surface area (Å²) in [6.07, 6.45) is 1.84. The second-order valence-electron chi connectivity index (χ2n) is 5.38. The zero-order valence-electron chi connectivity index (χ0n) is 12.9. The highest BCUT2D eigenvalue weighted by Crippen LogP contribution is 2.26. The Hall–Kier alpha value is -2.14. The average molecular weight is 316 g/mol. The van der Waals surface area contributed by atoms with Crippen LogP contribution in [0, 0.1) is 13.8 Å². The highest BCUT2D eigenvalue weighted by molar-refractivity contribution is 6.33. The molecule has 0 fully saturated rings. The summed E-state index contributed by atoms with van der Waals surface area (Å²) in [5, 5.41) is 8.53. The average Bonchev–Trinajstić information content (AvgIpc) is 2.84. The number of halogens is 1. The van der Waals surface area contributed by atoms with Crippen molar-refractivity contribution in [3.8, 4) is 0 Å². The zero-order chi connectivity index (χ0) is 15.7. The third kappa shape index (κ3) is 2.90. The molecule has 2 aromatic heterocycles. The van der Waals surface area contributed by atoms with E-state index in [0.29, 0.717) is 10.8 Å². The lowest BCUT2D eigenvalue weighted by molar-refractivity contribution is 0.819. The quantitative estimate of drug-likeness (QED) is 0.788. The van der Waals surface area contributed by atoms with Crippen molar-refractivity contribution in [3.05, 3.63) is 46.4 Å². The topological polar surface area (TPSA) is 55.1 Å². The number of rotatable bonds is 4. The van der Waals surface area contributed by atoms with E-state index in [-0.39, 0.29) is 0 Å². The summed E-state index contributed by atoms with van der Waals surface area (Å²) in [6, 6.07) is 7.85. The van der Waals surface area contributed by atoms with Gasteiger partial charge < -0.3 is 5.32 Å². The minimum Gasteiger partial charge on any atom is -0.339 e. The molecule has 22 heavy (non-hydrogen) atoms. The molecule has 0 aliphatic carbocycles. The highest BCUT2D eigenvalue weighted by atomic mass is 35.5. The molecule has 2 heterocycles. The summed E-state index contributed by atoms with van der Waals surface area (Å²) in [4.78, 5) is 8.90. The molecule has 114 valence electrons. The van der Waals surface area contributed by atoms with Crippen LogP contribution in [-0.4, -0.2) is 19.6 Å². The second-order valence-corrected chi connectivity index (χ2v) is 5.79. The number of nitrogens with zero attached hydrogens (tertiary/aromatic N) is 4. The fourth-order valence-electron chi connectivity index (χ4n) is 2.31. The summed E-state index contributed by atoms with van der Waals surface area (Å²) in [5.41, 5.74) is 2.85. The van der Waals surface area contributed by atoms with Crippen LogP contribution in [0.25, 0.3) is 5.78 Å². The van der Waals surface area contributed by atoms with Gasteiger partial charge >= 0.3 is 0 Å². The van der Waals surface area contributed by atoms with Gasteiger partial charge in [0.15, 0.2) is 5.82 Å². The fraction of sp³-hybridized carbons (Fsp3) is 0.312. The third-order valence-corrected chi connectivity index (χ3v) is 3.66. The molecule has 0 saturated heterocycles. The Balaban J connectivity index is 2.05. The van der Waals surface area contributed by atoms with Crippen molar-refractivity contribution in [3.63, 3.8) is 0 Å². The summed E-state index contributed by atoms with van der Waals surface area (Å²) in [6.45, 7) is 6.06. The smallest absolute Gasteiger partial charge is 0.254 e. The van der Waals surface area contributed by atoms with Gasteiger partial charge in [0, 0.05) is 18.2 Å². The van der Waals surface area contributed by atoms with Gasteiger partial charge in [0.05, 0.1) is 10.7 Å². The predicted octanol–water partition coefficient (Wildman–Crippen LogP) is 4.09. The Bertz CT molecular complexity index is 825. The first-order valence-corrected chi connectivity index (χ1v) is 7.71. The van der Waals surface area contributed by atoms with Gasteiger partial charge in [0.1, 0.15) is 5.82 Å². The molecule has 0 unspecified atom stereocenters. The maximum absolute atomic E-state index is 6.30. The second kappa shape index (κ2) is 5.93. The molecular formula is C16H18ClN5. The molecule has 3 rings (SSSR count). The first-order valence-electron chi connectivity index (χ1n) is 7.33. The largest absolute Gasteiger partial charge is 0.339 e. The van der Waals surface area contributed by atoms with E-state index >= 15 is 0 Å². The van der Waals surface area contributed by atoms with Crippen LogP contribution >= 0.6 is 11.6 Å². The lowest BCUT2D eigenvalue weighted by atomic mass is 10.2. The molecular weight excluding hydrogens is 298 g/mol. The van der Waals surface area contributed by atoms with Gasteiger partial charge in [0.25, 0.3) is 5.78 Å². The van der Waals surface area contributed by atoms with Gasteiger partial charge in [-0.15, -0.1) is 5.10 Å². The molecule has 0 atom stereocenters. The fourth-order valence-corrected chi connectivity index (χ4v) is 2.59. The maximum Gasteiger partial charge on any atom is 0.254 e. The van der Waals surface area contributed by atoms with E-state index in [1.807, 2.05) is 38.1 Å². The SMILES string of the molecule is CCCc1nc2nc(C)cc(Nc3ccc(C)cc3Cl)n2n1. The van der Waals surface area contributed by atoms with Crippen molar-refractivity contribution in [1.82, 2.24) is 19.6 Å². The minimum atomic E-state index is 0.606. The van der Waals surface area contributed by atoms with E-state index in [4.69, 9.17) is 11.6 Å². The van der Waals surface area contributed by atoms with Gasteiger partial charge in [-0.2, -0.15) is 9.50 Å². The molecule has 0 aliphatic rings. The molecule has 0 amide bonds. The molecule has 0 radical (unpaired) electrons. The number of anilines is 2. The molecule has 1 aromatic carbocycles. The Morgan fingerprint density at radius 2 is 2.00 bits per heavy atom. The number of hydrogen-bond donors (Lipinski definition) is 1. The molecule has 3 aromatic rings. The molecule has 6 heteroatoms. The third-order valence-electron chi connectivity index (χ3n) is 3.35. The van der Waals surface area contributed by atoms with Crippen LogP contribution in [-0.2, 0) is 6.42 Å². The summed E-state index contributed by atoms with van der Waals surface area (Å²) >= 11 is 6.30. The van der Waals surface area contributed by atoms with Crippen LogP contribution in [0.1, 0.15) is 30.4 Å². The number of aryl methyl sites for hydroxylation is 3. The molecule has 5 nitrogen and oxygen atoms in total. The Labute approximate surface area is 134 Å². The molecule has 0 spiro atoms. The molecule has 1 N–H and O–H groups in total. The first-order chi connectivity index (χ1) is 10.6. The first kappa shape index (κ1) is 14.8. The van der Waals surface area contributed by atoms with E-state index in [2.05, 4.69) is 27.3 Å². The number of hydrogen-bond acceptors (Lipinski definition) is 4.